The van der Waals surface area contributed by atoms with Crippen molar-refractivity contribution >= 4 is 0 Å². The Hall–Kier alpha value is -0.120. The van der Waals surface area contributed by atoms with Gasteiger partial charge in [0, 0.05) is 32.3 Å². The van der Waals surface area contributed by atoms with Crippen LogP contribution in [0.25, 0.3) is 0 Å². The Morgan fingerprint density at radius 2 is 1.90 bits per heavy atom. The number of rotatable bonds is 9. The molecule has 2 fully saturated rings. The van der Waals surface area contributed by atoms with Crippen LogP contribution >= 0.6 is 0 Å². The minimum absolute atomic E-state index is 0.334. The Morgan fingerprint density at radius 3 is 2.43 bits per heavy atom. The van der Waals surface area contributed by atoms with Crippen molar-refractivity contribution in [1.29, 1.82) is 0 Å². The summed E-state index contributed by atoms with van der Waals surface area (Å²) >= 11 is 0. The van der Waals surface area contributed by atoms with E-state index in [1.165, 1.54) is 58.0 Å². The van der Waals surface area contributed by atoms with Crippen LogP contribution in [0.2, 0.25) is 0 Å². The molecule has 0 amide bonds. The second-order valence-corrected chi connectivity index (χ2v) is 7.60. The van der Waals surface area contributed by atoms with Gasteiger partial charge in [-0.15, -0.1) is 0 Å². The van der Waals surface area contributed by atoms with Crippen LogP contribution in [0.1, 0.15) is 65.2 Å². The second kappa shape index (κ2) is 8.50. The minimum Gasteiger partial charge on any atom is -0.396 e. The fourth-order valence-corrected chi connectivity index (χ4v) is 4.00. The van der Waals surface area contributed by atoms with Gasteiger partial charge in [0.05, 0.1) is 0 Å². The summed E-state index contributed by atoms with van der Waals surface area (Å²) in [6.45, 7) is 9.56. The van der Waals surface area contributed by atoms with E-state index in [1.807, 2.05) is 0 Å². The van der Waals surface area contributed by atoms with Crippen molar-refractivity contribution in [2.75, 3.05) is 32.8 Å². The van der Waals surface area contributed by atoms with Crippen molar-refractivity contribution in [3.8, 4) is 0 Å². The first-order chi connectivity index (χ1) is 10.2. The topological polar surface area (TPSA) is 35.5 Å². The molecule has 0 saturated heterocycles. The van der Waals surface area contributed by atoms with Gasteiger partial charge in [-0.2, -0.15) is 0 Å². The molecule has 0 heterocycles. The molecule has 0 spiro atoms. The molecule has 0 radical (unpaired) electrons. The Labute approximate surface area is 131 Å². The van der Waals surface area contributed by atoms with Gasteiger partial charge in [0.25, 0.3) is 0 Å². The number of aliphatic hydroxyl groups is 1. The first kappa shape index (κ1) is 17.2. The summed E-state index contributed by atoms with van der Waals surface area (Å²) in [4.78, 5) is 2.72. The zero-order chi connectivity index (χ0) is 15.1. The molecule has 2 aliphatic rings. The molecule has 21 heavy (non-hydrogen) atoms. The smallest absolute Gasteiger partial charge is 0.0443 e. The van der Waals surface area contributed by atoms with Gasteiger partial charge in [-0.3, -0.25) is 4.90 Å². The lowest BCUT2D eigenvalue weighted by molar-refractivity contribution is 0.0349. The average molecular weight is 296 g/mol. The Kier molecular flexibility index (Phi) is 6.97. The summed E-state index contributed by atoms with van der Waals surface area (Å²) in [6, 6.07) is 0.800. The van der Waals surface area contributed by atoms with Crippen molar-refractivity contribution in [2.45, 2.75) is 71.3 Å². The van der Waals surface area contributed by atoms with Gasteiger partial charge >= 0.3 is 0 Å². The average Bonchev–Trinajstić information content (AvgIpc) is 2.44. The van der Waals surface area contributed by atoms with Crippen molar-refractivity contribution in [1.82, 2.24) is 10.2 Å². The van der Waals surface area contributed by atoms with Crippen molar-refractivity contribution in [3.63, 3.8) is 0 Å². The molecule has 0 aromatic rings. The van der Waals surface area contributed by atoms with Crippen LogP contribution in [0, 0.1) is 11.3 Å². The molecule has 3 heteroatoms. The maximum Gasteiger partial charge on any atom is 0.0443 e. The highest BCUT2D eigenvalue weighted by Crippen LogP contribution is 2.40. The molecule has 0 bridgehead atoms. The number of nitrogens with zero attached hydrogens (tertiary/aromatic N) is 1. The number of aliphatic hydroxyl groups excluding tert-OH is 1. The molecule has 2 N–H and O–H groups in total. The summed E-state index contributed by atoms with van der Waals surface area (Å²) < 4.78 is 0. The zero-order valence-corrected chi connectivity index (χ0v) is 14.2. The van der Waals surface area contributed by atoms with E-state index >= 15 is 0 Å². The van der Waals surface area contributed by atoms with Crippen molar-refractivity contribution in [2.24, 2.45) is 11.3 Å². The molecule has 0 atom stereocenters. The van der Waals surface area contributed by atoms with E-state index in [1.54, 1.807) is 0 Å². The Balaban J connectivity index is 1.96. The fourth-order valence-electron chi connectivity index (χ4n) is 4.00. The van der Waals surface area contributed by atoms with E-state index in [0.717, 1.165) is 31.5 Å². The highest BCUT2D eigenvalue weighted by molar-refractivity contribution is 4.92. The molecule has 0 aromatic carbocycles. The van der Waals surface area contributed by atoms with Gasteiger partial charge in [0.2, 0.25) is 0 Å². The third-order valence-electron chi connectivity index (χ3n) is 5.82. The lowest BCUT2D eigenvalue weighted by Crippen LogP contribution is -2.51. The Morgan fingerprint density at radius 1 is 1.19 bits per heavy atom. The second-order valence-electron chi connectivity index (χ2n) is 7.60. The predicted molar refractivity (Wildman–Crippen MR) is 89.5 cm³/mol. The molecule has 2 saturated carbocycles. The van der Waals surface area contributed by atoms with Gasteiger partial charge in [-0.25, -0.2) is 0 Å². The monoisotopic (exact) mass is 296 g/mol. The summed E-state index contributed by atoms with van der Waals surface area (Å²) in [5, 5.41) is 12.8. The molecular formula is C18H36N2O. The molecule has 124 valence electrons. The maximum absolute atomic E-state index is 9.19. The van der Waals surface area contributed by atoms with Crippen LogP contribution in [0.15, 0.2) is 0 Å². The van der Waals surface area contributed by atoms with Gasteiger partial charge < -0.3 is 10.4 Å². The highest BCUT2D eigenvalue weighted by Gasteiger charge is 2.37. The normalized spacial score (nSPS) is 30.6. The quantitative estimate of drug-likeness (QED) is 0.686. The van der Waals surface area contributed by atoms with Crippen molar-refractivity contribution < 1.29 is 5.11 Å². The number of hydrogen-bond acceptors (Lipinski definition) is 3. The standard InChI is InChI=1S/C18H36N2O/c1-3-19-14-18(10-8-16(2)9-11-18)15-20(12-5-13-21)17-6-4-7-17/h16-17,19,21H,3-15H2,1-2H3. The molecule has 0 unspecified atom stereocenters. The lowest BCUT2D eigenvalue weighted by atomic mass is 9.70. The maximum atomic E-state index is 9.19. The summed E-state index contributed by atoms with van der Waals surface area (Å²) in [6.07, 6.45) is 10.6. The molecule has 3 nitrogen and oxygen atoms in total. The largest absolute Gasteiger partial charge is 0.396 e. The van der Waals surface area contributed by atoms with Crippen LogP contribution in [0.4, 0.5) is 0 Å². The third-order valence-corrected chi connectivity index (χ3v) is 5.82. The van der Waals surface area contributed by atoms with E-state index in [2.05, 4.69) is 24.1 Å². The molecule has 0 aliphatic heterocycles. The molecule has 2 aliphatic carbocycles. The third kappa shape index (κ3) is 4.94. The predicted octanol–water partition coefficient (Wildman–Crippen LogP) is 3.03. The molecule has 2 rings (SSSR count). The Bertz CT molecular complexity index is 277. The van der Waals surface area contributed by atoms with E-state index in [-0.39, 0.29) is 0 Å². The summed E-state index contributed by atoms with van der Waals surface area (Å²) in [5.41, 5.74) is 0.480. The number of nitrogens with one attached hydrogen (secondary N) is 1. The lowest BCUT2D eigenvalue weighted by Gasteiger charge is -2.47. The van der Waals surface area contributed by atoms with Gasteiger partial charge in [0.1, 0.15) is 0 Å². The van der Waals surface area contributed by atoms with Gasteiger partial charge in [-0.1, -0.05) is 33.1 Å². The molecular weight excluding hydrogens is 260 g/mol. The fraction of sp³-hybridized carbons (Fsp3) is 1.00. The van der Waals surface area contributed by atoms with E-state index in [0.29, 0.717) is 12.0 Å². The summed E-state index contributed by atoms with van der Waals surface area (Å²) in [5.74, 6) is 0.911. The van der Waals surface area contributed by atoms with E-state index in [4.69, 9.17) is 0 Å². The van der Waals surface area contributed by atoms with E-state index < -0.39 is 0 Å². The van der Waals surface area contributed by atoms with E-state index in [9.17, 15) is 5.11 Å². The first-order valence-corrected chi connectivity index (χ1v) is 9.25. The molecule has 0 aromatic heterocycles. The highest BCUT2D eigenvalue weighted by atomic mass is 16.3. The minimum atomic E-state index is 0.334. The van der Waals surface area contributed by atoms with Gasteiger partial charge in [-0.05, 0) is 50.0 Å². The van der Waals surface area contributed by atoms with Gasteiger partial charge in [0.15, 0.2) is 0 Å². The van der Waals surface area contributed by atoms with Crippen LogP contribution in [0.3, 0.4) is 0 Å². The van der Waals surface area contributed by atoms with Crippen LogP contribution in [0.5, 0.6) is 0 Å². The zero-order valence-electron chi connectivity index (χ0n) is 14.2. The van der Waals surface area contributed by atoms with Crippen LogP contribution in [-0.4, -0.2) is 48.8 Å². The van der Waals surface area contributed by atoms with Crippen molar-refractivity contribution in [3.05, 3.63) is 0 Å². The SMILES string of the molecule is CCNCC1(CN(CCCO)C2CCC2)CCC(C)CC1. The number of hydrogen-bond donors (Lipinski definition) is 2. The van der Waals surface area contributed by atoms with Crippen LogP contribution in [-0.2, 0) is 0 Å². The van der Waals surface area contributed by atoms with Crippen LogP contribution < -0.4 is 5.32 Å². The first-order valence-electron chi connectivity index (χ1n) is 9.25. The summed E-state index contributed by atoms with van der Waals surface area (Å²) in [7, 11) is 0.